The molecule has 27 heavy (non-hydrogen) atoms. The highest BCUT2D eigenvalue weighted by Gasteiger charge is 2.17. The Hall–Kier alpha value is -2.73. The molecule has 3 aromatic heterocycles. The molecule has 0 bridgehead atoms. The van der Waals surface area contributed by atoms with Gasteiger partial charge in [-0.25, -0.2) is 9.97 Å². The van der Waals surface area contributed by atoms with Gasteiger partial charge in [0.25, 0.3) is 0 Å². The van der Waals surface area contributed by atoms with Crippen LogP contribution in [0.2, 0.25) is 0 Å². The van der Waals surface area contributed by atoms with Crippen LogP contribution in [0.15, 0.2) is 49.1 Å². The molecule has 1 saturated carbocycles. The number of pyridine rings is 3. The van der Waals surface area contributed by atoms with Gasteiger partial charge in [-0.05, 0) is 31.0 Å². The van der Waals surface area contributed by atoms with Gasteiger partial charge in [-0.1, -0.05) is 19.3 Å². The highest BCUT2D eigenvalue weighted by molar-refractivity contribution is 5.93. The van der Waals surface area contributed by atoms with Gasteiger partial charge in [0.05, 0.1) is 6.61 Å². The van der Waals surface area contributed by atoms with Crippen LogP contribution in [0.1, 0.15) is 32.1 Å². The third-order valence-electron chi connectivity index (χ3n) is 5.14. The molecule has 2 N–H and O–H groups in total. The lowest BCUT2D eigenvalue weighted by Gasteiger charge is -2.26. The molecule has 6 heteroatoms. The molecular formula is C21H25N5O. The highest BCUT2D eigenvalue weighted by Crippen LogP contribution is 2.31. The first-order valence-electron chi connectivity index (χ1n) is 9.65. The van der Waals surface area contributed by atoms with Crippen molar-refractivity contribution in [3.63, 3.8) is 0 Å². The van der Waals surface area contributed by atoms with Crippen LogP contribution in [0.5, 0.6) is 0 Å². The molecule has 4 rings (SSSR count). The van der Waals surface area contributed by atoms with Crippen molar-refractivity contribution >= 4 is 28.1 Å². The van der Waals surface area contributed by atoms with E-state index in [4.69, 9.17) is 0 Å². The van der Waals surface area contributed by atoms with Crippen LogP contribution in [-0.2, 0) is 0 Å². The summed E-state index contributed by atoms with van der Waals surface area (Å²) in [7, 11) is 0. The summed E-state index contributed by atoms with van der Waals surface area (Å²) in [5.41, 5.74) is 0.967. The minimum Gasteiger partial charge on any atom is -0.395 e. The van der Waals surface area contributed by atoms with E-state index in [9.17, 15) is 5.11 Å². The van der Waals surface area contributed by atoms with Crippen LogP contribution < -0.4 is 10.2 Å². The second kappa shape index (κ2) is 8.31. The van der Waals surface area contributed by atoms with Gasteiger partial charge < -0.3 is 15.3 Å². The molecule has 3 aromatic rings. The van der Waals surface area contributed by atoms with E-state index in [1.165, 1.54) is 32.1 Å². The Labute approximate surface area is 159 Å². The summed E-state index contributed by atoms with van der Waals surface area (Å²) in [5.74, 6) is 1.70. The van der Waals surface area contributed by atoms with Crippen LogP contribution in [0.3, 0.4) is 0 Å². The number of nitrogens with zero attached hydrogens (tertiary/aromatic N) is 4. The number of hydrogen-bond acceptors (Lipinski definition) is 6. The predicted octanol–water partition coefficient (Wildman–Crippen LogP) is 3.90. The van der Waals surface area contributed by atoms with E-state index in [0.717, 1.165) is 28.1 Å². The first kappa shape index (κ1) is 17.7. The Morgan fingerprint density at radius 2 is 1.89 bits per heavy atom. The number of aromatic nitrogens is 3. The van der Waals surface area contributed by atoms with Gasteiger partial charge in [0, 0.05) is 59.9 Å². The maximum Gasteiger partial charge on any atom is 0.141 e. The molecule has 1 aliphatic rings. The van der Waals surface area contributed by atoms with Gasteiger partial charge >= 0.3 is 0 Å². The quantitative estimate of drug-likeness (QED) is 0.692. The molecule has 0 radical (unpaired) electrons. The van der Waals surface area contributed by atoms with E-state index >= 15 is 0 Å². The smallest absolute Gasteiger partial charge is 0.141 e. The Morgan fingerprint density at radius 1 is 1.04 bits per heavy atom. The summed E-state index contributed by atoms with van der Waals surface area (Å²) in [6, 6.07) is 8.42. The Bertz CT molecular complexity index is 889. The minimum absolute atomic E-state index is 0.0386. The van der Waals surface area contributed by atoms with Crippen LogP contribution in [0, 0.1) is 0 Å². The Balaban J connectivity index is 1.66. The molecule has 0 amide bonds. The summed E-state index contributed by atoms with van der Waals surface area (Å²) in [5, 5.41) is 15.3. The second-order valence-corrected chi connectivity index (χ2v) is 6.99. The van der Waals surface area contributed by atoms with Gasteiger partial charge in [0.15, 0.2) is 0 Å². The summed E-state index contributed by atoms with van der Waals surface area (Å²) in [6.07, 6.45) is 13.5. The van der Waals surface area contributed by atoms with E-state index in [1.807, 2.05) is 41.6 Å². The first-order chi connectivity index (χ1) is 13.3. The van der Waals surface area contributed by atoms with Crippen molar-refractivity contribution in [3.05, 3.63) is 49.1 Å². The average molecular weight is 363 g/mol. The van der Waals surface area contributed by atoms with Gasteiger partial charge in [-0.2, -0.15) is 0 Å². The molecule has 0 aliphatic heterocycles. The van der Waals surface area contributed by atoms with E-state index in [0.29, 0.717) is 12.6 Å². The third-order valence-corrected chi connectivity index (χ3v) is 5.14. The molecule has 1 aliphatic carbocycles. The van der Waals surface area contributed by atoms with Crippen molar-refractivity contribution in [2.24, 2.45) is 0 Å². The monoisotopic (exact) mass is 363 g/mol. The Kier molecular flexibility index (Phi) is 5.44. The van der Waals surface area contributed by atoms with Crippen LogP contribution in [0.25, 0.3) is 10.8 Å². The topological polar surface area (TPSA) is 74.2 Å². The van der Waals surface area contributed by atoms with Crippen molar-refractivity contribution in [3.8, 4) is 0 Å². The summed E-state index contributed by atoms with van der Waals surface area (Å²) in [4.78, 5) is 15.3. The van der Waals surface area contributed by atoms with Crippen LogP contribution in [0.4, 0.5) is 17.3 Å². The van der Waals surface area contributed by atoms with Gasteiger partial charge in [0.1, 0.15) is 11.6 Å². The second-order valence-electron chi connectivity index (χ2n) is 6.99. The number of aliphatic hydroxyl groups is 1. The maximum absolute atomic E-state index is 9.65. The SMILES string of the molecule is OCCN(c1ccnc(NC2CCCCC2)c1)c1nccc2cnccc12. The number of anilines is 3. The zero-order chi connectivity index (χ0) is 18.5. The average Bonchev–Trinajstić information content (AvgIpc) is 2.73. The maximum atomic E-state index is 9.65. The zero-order valence-electron chi connectivity index (χ0n) is 15.4. The number of nitrogens with one attached hydrogen (secondary N) is 1. The summed E-state index contributed by atoms with van der Waals surface area (Å²) >= 11 is 0. The summed E-state index contributed by atoms with van der Waals surface area (Å²) in [6.45, 7) is 0.498. The van der Waals surface area contributed by atoms with Gasteiger partial charge in [-0.3, -0.25) is 4.98 Å². The molecular weight excluding hydrogens is 338 g/mol. The molecule has 0 aromatic carbocycles. The largest absolute Gasteiger partial charge is 0.395 e. The highest BCUT2D eigenvalue weighted by atomic mass is 16.3. The Morgan fingerprint density at radius 3 is 2.74 bits per heavy atom. The molecule has 0 spiro atoms. The summed E-state index contributed by atoms with van der Waals surface area (Å²) < 4.78 is 0. The van der Waals surface area contributed by atoms with E-state index in [1.54, 1.807) is 12.4 Å². The van der Waals surface area contributed by atoms with Crippen molar-refractivity contribution < 1.29 is 5.11 Å². The zero-order valence-corrected chi connectivity index (χ0v) is 15.4. The molecule has 0 atom stereocenters. The van der Waals surface area contributed by atoms with Crippen molar-refractivity contribution in [2.45, 2.75) is 38.1 Å². The van der Waals surface area contributed by atoms with E-state index < -0.39 is 0 Å². The molecule has 0 saturated heterocycles. The lowest BCUT2D eigenvalue weighted by molar-refractivity contribution is 0.305. The number of rotatable bonds is 6. The van der Waals surface area contributed by atoms with Crippen LogP contribution in [-0.4, -0.2) is 39.3 Å². The van der Waals surface area contributed by atoms with Gasteiger partial charge in [-0.15, -0.1) is 0 Å². The number of hydrogen-bond donors (Lipinski definition) is 2. The molecule has 3 heterocycles. The standard InChI is InChI=1S/C21H25N5O/c27-13-12-26(21-19-8-9-22-15-16(19)6-10-24-21)18-7-11-23-20(14-18)25-17-4-2-1-3-5-17/h6-11,14-15,17,27H,1-5,12-13H2,(H,23,25). The number of aliphatic hydroxyl groups excluding tert-OH is 1. The van der Waals surface area contributed by atoms with Crippen molar-refractivity contribution in [1.29, 1.82) is 0 Å². The minimum atomic E-state index is 0.0386. The fourth-order valence-corrected chi connectivity index (χ4v) is 3.80. The predicted molar refractivity (Wildman–Crippen MR) is 108 cm³/mol. The molecule has 140 valence electrons. The van der Waals surface area contributed by atoms with Gasteiger partial charge in [0.2, 0.25) is 0 Å². The van der Waals surface area contributed by atoms with Crippen molar-refractivity contribution in [2.75, 3.05) is 23.4 Å². The molecule has 1 fully saturated rings. The molecule has 6 nitrogen and oxygen atoms in total. The van der Waals surface area contributed by atoms with E-state index in [2.05, 4.69) is 20.3 Å². The first-order valence-corrected chi connectivity index (χ1v) is 9.65. The van der Waals surface area contributed by atoms with E-state index in [-0.39, 0.29) is 6.61 Å². The fourth-order valence-electron chi connectivity index (χ4n) is 3.80. The van der Waals surface area contributed by atoms with Crippen molar-refractivity contribution in [1.82, 2.24) is 15.0 Å². The lowest BCUT2D eigenvalue weighted by Crippen LogP contribution is -2.24. The fraction of sp³-hybridized carbons (Fsp3) is 0.381. The number of fused-ring (bicyclic) bond motifs is 1. The van der Waals surface area contributed by atoms with Crippen LogP contribution >= 0.6 is 0 Å². The molecule has 0 unspecified atom stereocenters. The normalized spacial score (nSPS) is 15.0. The lowest BCUT2D eigenvalue weighted by atomic mass is 9.95. The third kappa shape index (κ3) is 4.01.